The molecule has 4 aromatic rings. The van der Waals surface area contributed by atoms with Crippen LogP contribution in [0.15, 0.2) is 92.8 Å². The van der Waals surface area contributed by atoms with Gasteiger partial charge in [-0.25, -0.2) is 0 Å². The normalized spacial score (nSPS) is 13.8. The van der Waals surface area contributed by atoms with E-state index in [1.165, 1.54) is 48.5 Å². The van der Waals surface area contributed by atoms with Crippen molar-refractivity contribution >= 4 is 47.6 Å². The Morgan fingerprint density at radius 2 is 0.537 bits per heavy atom. The second-order valence-corrected chi connectivity index (χ2v) is 15.7. The van der Waals surface area contributed by atoms with Gasteiger partial charge < -0.3 is 81.7 Å². The second-order valence-electron chi connectivity index (χ2n) is 15.7. The summed E-state index contributed by atoms with van der Waals surface area (Å²) in [6.07, 6.45) is 3.99. The van der Waals surface area contributed by atoms with Crippen LogP contribution in [0.25, 0.3) is 0 Å². The topological polar surface area (TPSA) is 579 Å². The summed E-state index contributed by atoms with van der Waals surface area (Å²) in [5.74, 6) is -3.28. The zero-order valence-electron chi connectivity index (χ0n) is 40.8. The minimum Gasteiger partial charge on any atom is -0.867 e. The molecule has 0 bridgehead atoms. The van der Waals surface area contributed by atoms with E-state index in [2.05, 4.69) is 20.0 Å². The number of nitro benzene ring substituents is 4. The monoisotopic (exact) mass is 1330 g/mol. The molecule has 0 aliphatic heterocycles. The minimum atomic E-state index is -1.52. The van der Waals surface area contributed by atoms with E-state index >= 15 is 0 Å². The standard InChI is InChI=1S/4C11H13N2O6.4Cu/c4*14-5-11(6-15,7-16)12-4-8-2-1-3-9(10(8)17)13(18)19;;;;/h4*1-4,14-15,17H,5-7H2;;;;/q4*-1;4*+1. The zero-order valence-corrected chi connectivity index (χ0v) is 44.6. The molecule has 0 fully saturated rings. The van der Waals surface area contributed by atoms with Crippen molar-refractivity contribution in [3.8, 4) is 23.0 Å². The van der Waals surface area contributed by atoms with Gasteiger partial charge in [0.1, 0.15) is 22.2 Å². The van der Waals surface area contributed by atoms with E-state index in [1.54, 1.807) is 0 Å². The number of aliphatic hydroxyl groups excluding tert-OH is 4. The predicted octanol–water partition coefficient (Wildman–Crippen LogP) is -8.40. The van der Waals surface area contributed by atoms with Crippen LogP contribution in [0, 0.1) is 40.5 Å². The molecule has 36 heteroatoms. The zero-order chi connectivity index (χ0) is 57.9. The fraction of sp³-hybridized carbons (Fsp3) is 0.364. The van der Waals surface area contributed by atoms with Gasteiger partial charge in [-0.3, -0.25) is 60.4 Å². The molecule has 0 radical (unpaired) electrons. The maximum absolute atomic E-state index is 11.7. The number of nitro groups is 4. The first-order chi connectivity index (χ1) is 36.0. The van der Waals surface area contributed by atoms with Gasteiger partial charge in [0.2, 0.25) is 0 Å². The number of aliphatic hydroxyl groups is 4. The maximum Gasteiger partial charge on any atom is 1.00 e. The van der Waals surface area contributed by atoms with E-state index in [9.17, 15) is 81.3 Å². The molecule has 80 heavy (non-hydrogen) atoms. The fourth-order valence-corrected chi connectivity index (χ4v) is 5.08. The molecule has 4 aromatic carbocycles. The van der Waals surface area contributed by atoms with Gasteiger partial charge in [0.15, 0.2) is 26.4 Å². The van der Waals surface area contributed by atoms with Crippen LogP contribution in [-0.2, 0) is 68.3 Å². The smallest absolute Gasteiger partial charge is 0.867 e. The summed E-state index contributed by atoms with van der Waals surface area (Å²) in [5.41, 5.74) is -8.68. The average Bonchev–Trinajstić information content (AvgIpc) is 3.42. The van der Waals surface area contributed by atoms with Crippen molar-refractivity contribution in [3.63, 3.8) is 0 Å². The molecule has 0 aliphatic carbocycles. The maximum atomic E-state index is 11.7. The van der Waals surface area contributed by atoms with Gasteiger partial charge in [0.05, 0.1) is 46.1 Å². The molecule has 456 valence electrons. The van der Waals surface area contributed by atoms with Gasteiger partial charge >= 0.3 is 68.3 Å². The number of hydrogen-bond donors (Lipinski definition) is 4. The Bertz CT molecular complexity index is 2280. The fourth-order valence-electron chi connectivity index (χ4n) is 5.08. The van der Waals surface area contributed by atoms with E-state index in [0.29, 0.717) is 0 Å². The van der Waals surface area contributed by atoms with Gasteiger partial charge in [0, 0.05) is 49.1 Å². The number of rotatable bonds is 24. The van der Waals surface area contributed by atoms with Crippen LogP contribution in [0.5, 0.6) is 23.0 Å². The molecule has 0 saturated carbocycles. The molecule has 0 saturated heterocycles. The van der Waals surface area contributed by atoms with Gasteiger partial charge in [-0.05, 0) is 45.3 Å². The SMILES string of the molecule is O=[N+]([O-])c1cccc(C=N[C@@](C[O-])(CO)C[OH2+])c1[O-].O=[N+]([O-])c1cccc(C=N[C@@](C[O-])(CO)C[OH2+])c1[O-].O=[N+]([O-])c1cccc(C=N[C@](C[O-])(CO)C[OH2+])c1[O-].O=[N+]([O-])c1cccc(C=N[C@](C[O-])(CO)C[OH2+])c1[O-].[Cu+].[Cu+].[Cu+].[Cu+]. The molecule has 0 spiro atoms. The Labute approximate surface area is 494 Å². The number of nitrogens with zero attached hydrogens (tertiary/aromatic N) is 8. The quantitative estimate of drug-likeness (QED) is 0.0166. The number of hydrogen-bond acceptors (Lipinski definition) is 24. The van der Waals surface area contributed by atoms with Crippen molar-refractivity contribution in [1.82, 2.24) is 0 Å². The van der Waals surface area contributed by atoms with Crippen LogP contribution in [0.4, 0.5) is 22.7 Å². The summed E-state index contributed by atoms with van der Waals surface area (Å²) in [5, 5.41) is 198. The second kappa shape index (κ2) is 39.4. The Morgan fingerprint density at radius 3 is 0.650 bits per heavy atom. The van der Waals surface area contributed by atoms with Crippen molar-refractivity contribution in [1.29, 1.82) is 0 Å². The summed E-state index contributed by atoms with van der Waals surface area (Å²) >= 11 is 0. The Balaban J connectivity index is -0.000000473. The molecule has 32 nitrogen and oxygen atoms in total. The van der Waals surface area contributed by atoms with Gasteiger partial charge in [-0.1, -0.05) is 48.5 Å². The van der Waals surface area contributed by atoms with Crippen molar-refractivity contribution in [2.75, 3.05) is 79.3 Å². The van der Waals surface area contributed by atoms with Crippen molar-refractivity contribution in [3.05, 3.63) is 136 Å². The molecular weight excluding hydrogens is 1280 g/mol. The minimum absolute atomic E-state index is 0. The van der Waals surface area contributed by atoms with Crippen LogP contribution in [-0.4, -0.2) is 187 Å². The third kappa shape index (κ3) is 22.8. The summed E-state index contributed by atoms with van der Waals surface area (Å²) in [7, 11) is 0. The van der Waals surface area contributed by atoms with Gasteiger partial charge in [0.25, 0.3) is 22.7 Å². The van der Waals surface area contributed by atoms with Crippen molar-refractivity contribution < 1.29 is 170 Å². The van der Waals surface area contributed by atoms with E-state index in [4.69, 9.17) is 40.9 Å². The molecule has 0 aliphatic rings. The average molecular weight is 1330 g/mol. The largest absolute Gasteiger partial charge is 1.00 e. The summed E-state index contributed by atoms with van der Waals surface area (Å²) in [6, 6.07) is 14.8. The molecule has 0 amide bonds. The first kappa shape index (κ1) is 80.4. The molecule has 4 atom stereocenters. The van der Waals surface area contributed by atoms with Crippen LogP contribution >= 0.6 is 0 Å². The van der Waals surface area contributed by atoms with E-state index in [0.717, 1.165) is 49.1 Å². The van der Waals surface area contributed by atoms with Crippen LogP contribution in [0.2, 0.25) is 0 Å². The third-order valence-electron chi connectivity index (χ3n) is 10.4. The van der Waals surface area contributed by atoms with Crippen molar-refractivity contribution in [2.45, 2.75) is 22.2 Å². The molecule has 12 N–H and O–H groups in total. The summed E-state index contributed by atoms with van der Waals surface area (Å²) in [4.78, 5) is 54.1. The molecule has 0 heterocycles. The predicted molar refractivity (Wildman–Crippen MR) is 253 cm³/mol. The first-order valence-electron chi connectivity index (χ1n) is 21.3. The molecular formula is C44H52Cu4N8O24. The van der Waals surface area contributed by atoms with Gasteiger partial charge in [-0.15, -0.1) is 26.4 Å². The number of para-hydroxylation sites is 4. The van der Waals surface area contributed by atoms with E-state index in [1.807, 2.05) is 0 Å². The summed E-state index contributed by atoms with van der Waals surface area (Å²) < 4.78 is 0. The molecule has 4 rings (SSSR count). The Morgan fingerprint density at radius 1 is 0.375 bits per heavy atom. The Kier molecular flexibility index (Phi) is 39.6. The third-order valence-corrected chi connectivity index (χ3v) is 10.4. The molecule has 0 unspecified atom stereocenters. The molecule has 0 aromatic heterocycles. The van der Waals surface area contributed by atoms with Crippen LogP contribution in [0.1, 0.15) is 22.3 Å². The first-order valence-corrected chi connectivity index (χ1v) is 21.3. The Hall–Kier alpha value is -6.04. The van der Waals surface area contributed by atoms with Crippen molar-refractivity contribution in [2.24, 2.45) is 20.0 Å². The summed E-state index contributed by atoms with van der Waals surface area (Å²) in [6.45, 7) is -7.50. The van der Waals surface area contributed by atoms with Gasteiger partial charge in [-0.2, -0.15) is 0 Å². The van der Waals surface area contributed by atoms with Crippen LogP contribution < -0.4 is 40.9 Å². The number of aliphatic imine (C=N–C) groups is 4. The van der Waals surface area contributed by atoms with Crippen LogP contribution in [0.3, 0.4) is 0 Å². The van der Waals surface area contributed by atoms with E-state index < -0.39 is 167 Å². The van der Waals surface area contributed by atoms with E-state index in [-0.39, 0.29) is 90.5 Å². The number of benzene rings is 4.